The molecule has 7 heteroatoms. The first-order chi connectivity index (χ1) is 16.0. The van der Waals surface area contributed by atoms with E-state index in [4.69, 9.17) is 12.2 Å². The molecular weight excluding hydrogens is 433 g/mol. The Morgan fingerprint density at radius 1 is 0.939 bits per heavy atom. The number of hydrogen-bond donors (Lipinski definition) is 1. The molecule has 2 atom stereocenters. The van der Waals surface area contributed by atoms with Gasteiger partial charge in [0.25, 0.3) is 0 Å². The topological polar surface area (TPSA) is 36.3 Å². The molecule has 0 unspecified atom stereocenters. The van der Waals surface area contributed by atoms with Crippen LogP contribution in [0.1, 0.15) is 23.5 Å². The Hall–Kier alpha value is -3.71. The van der Waals surface area contributed by atoms with Crippen molar-refractivity contribution in [1.29, 1.82) is 0 Å². The van der Waals surface area contributed by atoms with Gasteiger partial charge in [0.15, 0.2) is 5.11 Å². The molecule has 5 nitrogen and oxygen atoms in total. The minimum absolute atomic E-state index is 0.172. The molecule has 0 radical (unpaired) electrons. The Kier molecular flexibility index (Phi) is 5.56. The van der Waals surface area contributed by atoms with Crippen LogP contribution in [0, 0.1) is 5.82 Å². The zero-order chi connectivity index (χ0) is 22.9. The van der Waals surface area contributed by atoms with Gasteiger partial charge in [-0.05, 0) is 78.9 Å². The zero-order valence-electron chi connectivity index (χ0n) is 18.4. The molecule has 1 N–H and O–H groups in total. The van der Waals surface area contributed by atoms with E-state index in [2.05, 4.69) is 50.4 Å². The number of anilines is 2. The fourth-order valence-corrected chi connectivity index (χ4v) is 4.69. The molecule has 5 rings (SSSR count). The summed E-state index contributed by atoms with van der Waals surface area (Å²) in [6.45, 7) is 0. The van der Waals surface area contributed by atoms with E-state index in [1.54, 1.807) is 12.3 Å². The second-order valence-electron chi connectivity index (χ2n) is 8.19. The summed E-state index contributed by atoms with van der Waals surface area (Å²) in [5, 5.41) is 4.11. The fraction of sp³-hybridized carbons (Fsp3) is 0.154. The summed E-state index contributed by atoms with van der Waals surface area (Å²) in [4.78, 5) is 8.80. The lowest BCUT2D eigenvalue weighted by Crippen LogP contribution is -2.30. The third-order valence-corrected chi connectivity index (χ3v) is 6.23. The van der Waals surface area contributed by atoms with Crippen LogP contribution in [-0.2, 0) is 0 Å². The molecule has 1 saturated heterocycles. The molecule has 2 aromatic carbocycles. The maximum Gasteiger partial charge on any atom is 0.174 e. The van der Waals surface area contributed by atoms with Crippen molar-refractivity contribution in [2.24, 2.45) is 0 Å². The number of halogens is 1. The number of nitrogens with zero attached hydrogens (tertiary/aromatic N) is 4. The van der Waals surface area contributed by atoms with Gasteiger partial charge in [0.05, 0.1) is 11.7 Å². The molecule has 2 aromatic heterocycles. The normalized spacial score (nSPS) is 17.8. The van der Waals surface area contributed by atoms with Crippen LogP contribution >= 0.6 is 12.2 Å². The van der Waals surface area contributed by atoms with Crippen LogP contribution in [0.15, 0.2) is 91.3 Å². The molecule has 0 bridgehead atoms. The van der Waals surface area contributed by atoms with Gasteiger partial charge in [-0.2, -0.15) is 0 Å². The number of hydrogen-bond acceptors (Lipinski definition) is 3. The lowest BCUT2D eigenvalue weighted by atomic mass is 10.0. The van der Waals surface area contributed by atoms with Gasteiger partial charge in [-0.15, -0.1) is 0 Å². The molecule has 33 heavy (non-hydrogen) atoms. The molecule has 166 valence electrons. The third-order valence-electron chi connectivity index (χ3n) is 5.91. The Morgan fingerprint density at radius 2 is 1.76 bits per heavy atom. The molecule has 1 aliphatic heterocycles. The van der Waals surface area contributed by atoms with Crippen LogP contribution in [0.25, 0.3) is 5.69 Å². The van der Waals surface area contributed by atoms with Crippen molar-refractivity contribution in [3.05, 3.63) is 108 Å². The van der Waals surface area contributed by atoms with Gasteiger partial charge in [-0.1, -0.05) is 12.1 Å². The summed E-state index contributed by atoms with van der Waals surface area (Å²) < 4.78 is 16.1. The largest absolute Gasteiger partial charge is 0.378 e. The quantitative estimate of drug-likeness (QED) is 0.414. The SMILES string of the molecule is CN(C)c1ccc(N2C(=S)N[C@@H](c3ccccn3)[C@H]2c2cccn2-c2cccc(F)c2)cc1. The Morgan fingerprint density at radius 3 is 2.45 bits per heavy atom. The van der Waals surface area contributed by atoms with Crippen LogP contribution in [0.3, 0.4) is 0 Å². The number of nitrogens with one attached hydrogen (secondary N) is 1. The van der Waals surface area contributed by atoms with Crippen LogP contribution in [0.4, 0.5) is 15.8 Å². The van der Waals surface area contributed by atoms with Gasteiger partial charge < -0.3 is 19.7 Å². The monoisotopic (exact) mass is 457 g/mol. The lowest BCUT2D eigenvalue weighted by Gasteiger charge is -2.29. The first kappa shape index (κ1) is 21.2. The van der Waals surface area contributed by atoms with Crippen molar-refractivity contribution in [3.8, 4) is 5.69 Å². The van der Waals surface area contributed by atoms with Crippen molar-refractivity contribution in [2.45, 2.75) is 12.1 Å². The molecule has 0 spiro atoms. The van der Waals surface area contributed by atoms with Gasteiger partial charge in [-0.3, -0.25) is 4.98 Å². The molecule has 1 aliphatic rings. The Labute approximate surface area is 198 Å². The molecule has 0 aliphatic carbocycles. The predicted molar refractivity (Wildman–Crippen MR) is 134 cm³/mol. The van der Waals surface area contributed by atoms with Crippen LogP contribution < -0.4 is 15.1 Å². The van der Waals surface area contributed by atoms with E-state index in [9.17, 15) is 4.39 Å². The van der Waals surface area contributed by atoms with E-state index in [1.807, 2.05) is 55.2 Å². The molecule has 3 heterocycles. The minimum atomic E-state index is -0.273. The van der Waals surface area contributed by atoms with Crippen molar-refractivity contribution < 1.29 is 4.39 Å². The summed E-state index contributed by atoms with van der Waals surface area (Å²) in [6, 6.07) is 24.5. The molecule has 0 amide bonds. The fourth-order valence-electron chi connectivity index (χ4n) is 4.34. The number of rotatable bonds is 5. The molecule has 4 aromatic rings. The van der Waals surface area contributed by atoms with E-state index >= 15 is 0 Å². The number of pyridine rings is 1. The zero-order valence-corrected chi connectivity index (χ0v) is 19.2. The summed E-state index contributed by atoms with van der Waals surface area (Å²) in [6.07, 6.45) is 3.74. The predicted octanol–water partition coefficient (Wildman–Crippen LogP) is 5.25. The van der Waals surface area contributed by atoms with E-state index in [0.29, 0.717) is 5.11 Å². The summed E-state index contributed by atoms with van der Waals surface area (Å²) in [7, 11) is 4.03. The van der Waals surface area contributed by atoms with Gasteiger partial charge >= 0.3 is 0 Å². The second-order valence-corrected chi connectivity index (χ2v) is 8.58. The highest BCUT2D eigenvalue weighted by Gasteiger charge is 2.42. The summed E-state index contributed by atoms with van der Waals surface area (Å²) in [5.74, 6) is -0.273. The number of aromatic nitrogens is 2. The second kappa shape index (κ2) is 8.67. The average Bonchev–Trinajstić information content (AvgIpc) is 3.44. The summed E-state index contributed by atoms with van der Waals surface area (Å²) in [5.41, 5.74) is 4.73. The van der Waals surface area contributed by atoms with E-state index in [1.165, 1.54) is 12.1 Å². The number of thiocarbonyl (C=S) groups is 1. The highest BCUT2D eigenvalue weighted by molar-refractivity contribution is 7.80. The first-order valence-electron chi connectivity index (χ1n) is 10.7. The highest BCUT2D eigenvalue weighted by atomic mass is 32.1. The van der Waals surface area contributed by atoms with E-state index in [0.717, 1.165) is 28.5 Å². The van der Waals surface area contributed by atoms with Crippen molar-refractivity contribution in [1.82, 2.24) is 14.9 Å². The standard InChI is InChI=1S/C26H24FN5S/c1-30(2)19-11-13-20(14-12-19)32-25(24(29-26(32)33)22-9-3-4-15-28-22)23-10-6-16-31(23)21-8-5-7-18(27)17-21/h3-17,24-25H,1-2H3,(H,29,33)/t24-,25+/m0/s1. The first-order valence-corrected chi connectivity index (χ1v) is 11.1. The molecule has 1 fully saturated rings. The molecule has 0 saturated carbocycles. The lowest BCUT2D eigenvalue weighted by molar-refractivity contribution is 0.549. The maximum atomic E-state index is 14.0. The Balaban J connectivity index is 1.64. The summed E-state index contributed by atoms with van der Waals surface area (Å²) >= 11 is 5.82. The maximum absolute atomic E-state index is 14.0. The smallest absolute Gasteiger partial charge is 0.174 e. The third kappa shape index (κ3) is 3.96. The van der Waals surface area contributed by atoms with E-state index < -0.39 is 0 Å². The van der Waals surface area contributed by atoms with Crippen LogP contribution in [-0.4, -0.2) is 28.8 Å². The van der Waals surface area contributed by atoms with Crippen molar-refractivity contribution in [3.63, 3.8) is 0 Å². The van der Waals surface area contributed by atoms with Gasteiger partial charge in [0.1, 0.15) is 11.9 Å². The van der Waals surface area contributed by atoms with E-state index in [-0.39, 0.29) is 17.9 Å². The highest BCUT2D eigenvalue weighted by Crippen LogP contribution is 2.42. The van der Waals surface area contributed by atoms with Gasteiger partial charge in [-0.25, -0.2) is 4.39 Å². The number of benzene rings is 2. The van der Waals surface area contributed by atoms with Crippen LogP contribution in [0.5, 0.6) is 0 Å². The van der Waals surface area contributed by atoms with Crippen molar-refractivity contribution in [2.75, 3.05) is 23.9 Å². The average molecular weight is 458 g/mol. The molecular formula is C26H24FN5S. The van der Waals surface area contributed by atoms with Gasteiger partial charge in [0, 0.05) is 49.2 Å². The minimum Gasteiger partial charge on any atom is -0.378 e. The van der Waals surface area contributed by atoms with Gasteiger partial charge in [0.2, 0.25) is 0 Å². The van der Waals surface area contributed by atoms with Crippen LogP contribution in [0.2, 0.25) is 0 Å². The Bertz CT molecular complexity index is 1270. The van der Waals surface area contributed by atoms with Crippen molar-refractivity contribution >= 4 is 28.7 Å².